The maximum absolute atomic E-state index is 11.9. The van der Waals surface area contributed by atoms with E-state index in [1.165, 1.54) is 6.07 Å². The Bertz CT molecular complexity index is 508. The van der Waals surface area contributed by atoms with E-state index in [0.717, 1.165) is 0 Å². The molecular formula is C13H22N2O4S. The molecule has 0 aliphatic rings. The van der Waals surface area contributed by atoms with Crippen molar-refractivity contribution < 1.29 is 17.6 Å². The Hall–Kier alpha value is -1.15. The van der Waals surface area contributed by atoms with Crippen molar-refractivity contribution in [1.29, 1.82) is 0 Å². The minimum Gasteiger partial charge on any atom is -0.447 e. The van der Waals surface area contributed by atoms with Crippen LogP contribution >= 0.6 is 0 Å². The Morgan fingerprint density at radius 2 is 2.15 bits per heavy atom. The van der Waals surface area contributed by atoms with Crippen LogP contribution in [0, 0.1) is 0 Å². The third-order valence-electron chi connectivity index (χ3n) is 2.52. The van der Waals surface area contributed by atoms with Gasteiger partial charge in [-0.25, -0.2) is 13.1 Å². The predicted molar refractivity (Wildman–Crippen MR) is 76.9 cm³/mol. The molecule has 114 valence electrons. The monoisotopic (exact) mass is 302 g/mol. The lowest BCUT2D eigenvalue weighted by Gasteiger charge is -2.03. The summed E-state index contributed by atoms with van der Waals surface area (Å²) >= 11 is 0. The summed E-state index contributed by atoms with van der Waals surface area (Å²) in [6, 6.07) is 3.12. The highest BCUT2D eigenvalue weighted by atomic mass is 32.2. The third-order valence-corrected chi connectivity index (χ3v) is 3.86. The van der Waals surface area contributed by atoms with Crippen molar-refractivity contribution in [3.63, 3.8) is 0 Å². The van der Waals surface area contributed by atoms with Gasteiger partial charge in [0.15, 0.2) is 0 Å². The van der Waals surface area contributed by atoms with Gasteiger partial charge < -0.3 is 14.5 Å². The van der Waals surface area contributed by atoms with Gasteiger partial charge in [0.2, 0.25) is 5.09 Å². The van der Waals surface area contributed by atoms with E-state index in [-0.39, 0.29) is 5.09 Å². The van der Waals surface area contributed by atoms with E-state index in [2.05, 4.69) is 10.0 Å². The molecule has 0 radical (unpaired) electrons. The average molecular weight is 302 g/mol. The molecule has 0 unspecified atom stereocenters. The van der Waals surface area contributed by atoms with Gasteiger partial charge in [-0.15, -0.1) is 0 Å². The topological polar surface area (TPSA) is 80.6 Å². The fraction of sp³-hybridized carbons (Fsp3) is 0.538. The molecular weight excluding hydrogens is 280 g/mol. The highest BCUT2D eigenvalue weighted by molar-refractivity contribution is 7.89. The van der Waals surface area contributed by atoms with Crippen LogP contribution in [0.1, 0.15) is 19.1 Å². The highest BCUT2D eigenvalue weighted by Gasteiger charge is 2.17. The number of methoxy groups -OCH3 is 1. The molecule has 20 heavy (non-hydrogen) atoms. The molecule has 0 atom stereocenters. The second-order valence-electron chi connectivity index (χ2n) is 4.15. The van der Waals surface area contributed by atoms with Gasteiger partial charge in [0, 0.05) is 20.2 Å². The molecule has 0 aromatic carbocycles. The van der Waals surface area contributed by atoms with Crippen LogP contribution in [0.2, 0.25) is 0 Å². The maximum atomic E-state index is 11.9. The summed E-state index contributed by atoms with van der Waals surface area (Å²) in [5.74, 6) is 0.579. The zero-order valence-corrected chi connectivity index (χ0v) is 12.7. The second-order valence-corrected chi connectivity index (χ2v) is 5.84. The first-order valence-corrected chi connectivity index (χ1v) is 7.97. The minimum atomic E-state index is -3.56. The smallest absolute Gasteiger partial charge is 0.273 e. The first-order chi connectivity index (χ1) is 9.60. The van der Waals surface area contributed by atoms with Crippen molar-refractivity contribution in [2.24, 2.45) is 0 Å². The van der Waals surface area contributed by atoms with Gasteiger partial charge in [0.25, 0.3) is 10.0 Å². The van der Waals surface area contributed by atoms with Crippen molar-refractivity contribution in [3.8, 4) is 0 Å². The summed E-state index contributed by atoms with van der Waals surface area (Å²) in [6.45, 7) is 4.00. The molecule has 1 aromatic rings. The molecule has 1 rings (SSSR count). The standard InChI is InChI=1S/C13H22N2O4S/c1-3-4-5-8-15-20(16,17)13-7-6-12(19-13)11-14-9-10-18-2/h3-4,6-7,14-15H,5,8-11H2,1-2H3/b4-3+. The first-order valence-electron chi connectivity index (χ1n) is 6.49. The van der Waals surface area contributed by atoms with Gasteiger partial charge in [0.1, 0.15) is 5.76 Å². The highest BCUT2D eigenvalue weighted by Crippen LogP contribution is 2.13. The van der Waals surface area contributed by atoms with E-state index in [4.69, 9.17) is 9.15 Å². The molecule has 1 aromatic heterocycles. The molecule has 6 nitrogen and oxygen atoms in total. The van der Waals surface area contributed by atoms with Crippen molar-refractivity contribution >= 4 is 10.0 Å². The van der Waals surface area contributed by atoms with Gasteiger partial charge in [0.05, 0.1) is 13.2 Å². The molecule has 7 heteroatoms. The van der Waals surface area contributed by atoms with Crippen LogP contribution < -0.4 is 10.0 Å². The van der Waals surface area contributed by atoms with Gasteiger partial charge in [-0.05, 0) is 25.5 Å². The van der Waals surface area contributed by atoms with Gasteiger partial charge >= 0.3 is 0 Å². The van der Waals surface area contributed by atoms with Crippen LogP contribution in [0.3, 0.4) is 0 Å². The fourth-order valence-electron chi connectivity index (χ4n) is 1.50. The normalized spacial score (nSPS) is 12.3. The van der Waals surface area contributed by atoms with Crippen LogP contribution in [0.4, 0.5) is 0 Å². The molecule has 0 saturated heterocycles. The summed E-state index contributed by atoms with van der Waals surface area (Å²) in [5.41, 5.74) is 0. The van der Waals surface area contributed by atoms with E-state index in [0.29, 0.717) is 38.4 Å². The van der Waals surface area contributed by atoms with Gasteiger partial charge in [-0.1, -0.05) is 12.2 Å². The number of hydrogen-bond donors (Lipinski definition) is 2. The second kappa shape index (κ2) is 8.91. The van der Waals surface area contributed by atoms with Crippen molar-refractivity contribution in [1.82, 2.24) is 10.0 Å². The summed E-state index contributed by atoms with van der Waals surface area (Å²) in [6.07, 6.45) is 4.43. The number of allylic oxidation sites excluding steroid dienone is 1. The van der Waals surface area contributed by atoms with E-state index in [9.17, 15) is 8.42 Å². The number of furan rings is 1. The summed E-state index contributed by atoms with van der Waals surface area (Å²) in [4.78, 5) is 0. The number of rotatable bonds is 10. The number of ether oxygens (including phenoxy) is 1. The molecule has 0 aliphatic carbocycles. The number of hydrogen-bond acceptors (Lipinski definition) is 5. The van der Waals surface area contributed by atoms with Crippen molar-refractivity contribution in [2.75, 3.05) is 26.8 Å². The van der Waals surface area contributed by atoms with Crippen molar-refractivity contribution in [2.45, 2.75) is 25.0 Å². The first kappa shape index (κ1) is 16.9. The SMILES string of the molecule is C/C=C/CCNS(=O)(=O)c1ccc(CNCCOC)o1. The number of nitrogens with one attached hydrogen (secondary N) is 2. The van der Waals surface area contributed by atoms with Crippen LogP contribution in [-0.4, -0.2) is 35.2 Å². The molecule has 0 spiro atoms. The van der Waals surface area contributed by atoms with Gasteiger partial charge in [-0.3, -0.25) is 0 Å². The largest absolute Gasteiger partial charge is 0.447 e. The third kappa shape index (κ3) is 5.87. The Morgan fingerprint density at radius 3 is 2.85 bits per heavy atom. The maximum Gasteiger partial charge on any atom is 0.273 e. The summed E-state index contributed by atoms with van der Waals surface area (Å²) in [5, 5.41) is 3.03. The van der Waals surface area contributed by atoms with E-state index in [1.54, 1.807) is 13.2 Å². The fourth-order valence-corrected chi connectivity index (χ4v) is 2.49. The van der Waals surface area contributed by atoms with Crippen LogP contribution in [0.25, 0.3) is 0 Å². The van der Waals surface area contributed by atoms with E-state index < -0.39 is 10.0 Å². The van der Waals surface area contributed by atoms with Crippen LogP contribution in [0.15, 0.2) is 33.8 Å². The summed E-state index contributed by atoms with van der Waals surface area (Å²) in [7, 11) is -1.93. The Balaban J connectivity index is 2.48. The molecule has 1 heterocycles. The zero-order valence-electron chi connectivity index (χ0n) is 11.9. The van der Waals surface area contributed by atoms with Crippen LogP contribution in [0.5, 0.6) is 0 Å². The molecule has 0 bridgehead atoms. The number of sulfonamides is 1. The molecule has 2 N–H and O–H groups in total. The Morgan fingerprint density at radius 1 is 1.35 bits per heavy atom. The average Bonchev–Trinajstić information content (AvgIpc) is 2.89. The van der Waals surface area contributed by atoms with Crippen LogP contribution in [-0.2, 0) is 21.3 Å². The molecule has 0 fully saturated rings. The van der Waals surface area contributed by atoms with Crippen molar-refractivity contribution in [3.05, 3.63) is 30.0 Å². The summed E-state index contributed by atoms with van der Waals surface area (Å²) < 4.78 is 36.5. The lowest BCUT2D eigenvalue weighted by molar-refractivity contribution is 0.198. The molecule has 0 amide bonds. The van der Waals surface area contributed by atoms with Gasteiger partial charge in [-0.2, -0.15) is 0 Å². The molecule has 0 saturated carbocycles. The lowest BCUT2D eigenvalue weighted by Crippen LogP contribution is -2.24. The zero-order chi connectivity index (χ0) is 14.8. The Labute approximate surface area is 120 Å². The van der Waals surface area contributed by atoms with E-state index in [1.807, 2.05) is 19.1 Å². The van der Waals surface area contributed by atoms with E-state index >= 15 is 0 Å². The Kier molecular flexibility index (Phi) is 7.53. The predicted octanol–water partition coefficient (Wildman–Crippen LogP) is 1.26. The molecule has 0 aliphatic heterocycles. The lowest BCUT2D eigenvalue weighted by atomic mass is 10.4. The quantitative estimate of drug-likeness (QED) is 0.502. The minimum absolute atomic E-state index is 0.0541.